The molecule has 0 saturated carbocycles. The van der Waals surface area contributed by atoms with Gasteiger partial charge in [0.05, 0.1) is 5.41 Å². The predicted octanol–water partition coefficient (Wildman–Crippen LogP) is 8.92. The molecule has 0 radical (unpaired) electrons. The Morgan fingerprint density at radius 1 is 0.781 bits per heavy atom. The molecule has 0 aliphatic heterocycles. The summed E-state index contributed by atoms with van der Waals surface area (Å²) < 4.78 is 0. The van der Waals surface area contributed by atoms with Gasteiger partial charge in [0.2, 0.25) is 0 Å². The molecule has 3 aromatic carbocycles. The average Bonchev–Trinajstić information content (AvgIpc) is 3.37. The average molecular weight is 437 g/mol. The van der Waals surface area contributed by atoms with Crippen molar-refractivity contribution in [3.05, 3.63) is 118 Å². The van der Waals surface area contributed by atoms with Gasteiger partial charge in [0.1, 0.15) is 0 Å². The maximum absolute atomic E-state index is 2.53. The number of fused-ring (bicyclic) bond motifs is 3. The normalized spacial score (nSPS) is 14.4. The molecule has 0 fully saturated rings. The van der Waals surface area contributed by atoms with E-state index in [1.165, 1.54) is 43.1 Å². The standard InChI is InChI=1S/C31H32S/c1-6-30(4,5)28-20-27-29(32-28)25-18-17-22(21(2)3)19-26(25)31(27,23-13-9-7-10-14-23)24-15-11-8-12-16-24/h7-21H,6H2,1-5H3. The van der Waals surface area contributed by atoms with E-state index in [4.69, 9.17) is 0 Å². The highest BCUT2D eigenvalue weighted by atomic mass is 32.1. The van der Waals surface area contributed by atoms with E-state index in [0.717, 1.165) is 6.42 Å². The molecule has 32 heavy (non-hydrogen) atoms. The molecular weight excluding hydrogens is 404 g/mol. The van der Waals surface area contributed by atoms with Gasteiger partial charge < -0.3 is 0 Å². The van der Waals surface area contributed by atoms with Crippen LogP contribution < -0.4 is 0 Å². The summed E-state index contributed by atoms with van der Waals surface area (Å²) in [6.45, 7) is 11.6. The van der Waals surface area contributed by atoms with Gasteiger partial charge in [0.15, 0.2) is 0 Å². The summed E-state index contributed by atoms with van der Waals surface area (Å²) in [5, 5.41) is 0. The van der Waals surface area contributed by atoms with Crippen molar-refractivity contribution in [2.45, 2.75) is 57.8 Å². The van der Waals surface area contributed by atoms with Crippen LogP contribution in [0.4, 0.5) is 0 Å². The fraction of sp³-hybridized carbons (Fsp3) is 0.290. The first-order chi connectivity index (χ1) is 15.4. The lowest BCUT2D eigenvalue weighted by atomic mass is 9.67. The quantitative estimate of drug-likeness (QED) is 0.258. The predicted molar refractivity (Wildman–Crippen MR) is 139 cm³/mol. The van der Waals surface area contributed by atoms with Gasteiger partial charge in [0.25, 0.3) is 0 Å². The fourth-order valence-corrected chi connectivity index (χ4v) is 6.54. The molecule has 1 aliphatic rings. The molecule has 1 heteroatoms. The Bertz CT molecular complexity index is 1200. The zero-order valence-corrected chi connectivity index (χ0v) is 20.6. The third-order valence-electron chi connectivity index (χ3n) is 7.46. The Balaban J connectivity index is 1.93. The molecule has 4 aromatic rings. The summed E-state index contributed by atoms with van der Waals surface area (Å²) in [5.74, 6) is 0.498. The zero-order chi connectivity index (χ0) is 22.5. The molecule has 0 bridgehead atoms. The molecule has 0 nitrogen and oxygen atoms in total. The van der Waals surface area contributed by atoms with Gasteiger partial charge >= 0.3 is 0 Å². The van der Waals surface area contributed by atoms with Gasteiger partial charge in [-0.1, -0.05) is 113 Å². The van der Waals surface area contributed by atoms with Crippen LogP contribution in [0, 0.1) is 0 Å². The van der Waals surface area contributed by atoms with Gasteiger partial charge in [-0.15, -0.1) is 11.3 Å². The van der Waals surface area contributed by atoms with Crippen LogP contribution in [0.25, 0.3) is 10.4 Å². The SMILES string of the molecule is CCC(C)(C)c1cc2c(s1)-c1ccc(C(C)C)cc1C2(c1ccccc1)c1ccccc1. The summed E-state index contributed by atoms with van der Waals surface area (Å²) in [7, 11) is 0. The largest absolute Gasteiger partial charge is 0.139 e. The molecule has 162 valence electrons. The third-order valence-corrected chi connectivity index (χ3v) is 8.99. The lowest BCUT2D eigenvalue weighted by Crippen LogP contribution is -2.28. The minimum atomic E-state index is -0.281. The zero-order valence-electron chi connectivity index (χ0n) is 19.8. The number of rotatable bonds is 5. The molecule has 1 aliphatic carbocycles. The highest BCUT2D eigenvalue weighted by molar-refractivity contribution is 7.16. The maximum atomic E-state index is 2.53. The van der Waals surface area contributed by atoms with Crippen LogP contribution in [-0.4, -0.2) is 0 Å². The van der Waals surface area contributed by atoms with E-state index in [9.17, 15) is 0 Å². The van der Waals surface area contributed by atoms with Crippen LogP contribution in [0.1, 0.15) is 79.7 Å². The lowest BCUT2D eigenvalue weighted by Gasteiger charge is -2.34. The second-order valence-electron chi connectivity index (χ2n) is 10.0. The lowest BCUT2D eigenvalue weighted by molar-refractivity contribution is 0.516. The van der Waals surface area contributed by atoms with Gasteiger partial charge in [-0.05, 0) is 57.2 Å². The number of benzene rings is 3. The third kappa shape index (κ3) is 3.02. The molecule has 0 atom stereocenters. The summed E-state index contributed by atoms with van der Waals surface area (Å²) in [6.07, 6.45) is 1.13. The summed E-state index contributed by atoms with van der Waals surface area (Å²) in [4.78, 5) is 2.93. The highest BCUT2D eigenvalue weighted by Crippen LogP contribution is 2.60. The van der Waals surface area contributed by atoms with Crippen LogP contribution in [0.2, 0.25) is 0 Å². The van der Waals surface area contributed by atoms with Crippen LogP contribution in [0.3, 0.4) is 0 Å². The molecule has 0 unspecified atom stereocenters. The van der Waals surface area contributed by atoms with Crippen molar-refractivity contribution in [1.82, 2.24) is 0 Å². The summed E-state index contributed by atoms with van der Waals surface area (Å²) in [6, 6.07) is 32.0. The summed E-state index contributed by atoms with van der Waals surface area (Å²) >= 11 is 2.00. The van der Waals surface area contributed by atoms with Crippen molar-refractivity contribution in [2.24, 2.45) is 0 Å². The number of hydrogen-bond donors (Lipinski definition) is 0. The van der Waals surface area contributed by atoms with E-state index in [1.807, 2.05) is 11.3 Å². The van der Waals surface area contributed by atoms with Gasteiger partial charge in [-0.25, -0.2) is 0 Å². The van der Waals surface area contributed by atoms with E-state index >= 15 is 0 Å². The Morgan fingerprint density at radius 3 is 1.91 bits per heavy atom. The second-order valence-corrected chi connectivity index (χ2v) is 11.1. The van der Waals surface area contributed by atoms with Crippen LogP contribution >= 0.6 is 11.3 Å². The molecule has 0 spiro atoms. The molecule has 1 aromatic heterocycles. The number of thiophene rings is 1. The second kappa shape index (κ2) is 7.74. The van der Waals surface area contributed by atoms with E-state index in [-0.39, 0.29) is 10.8 Å². The minimum absolute atomic E-state index is 0.173. The van der Waals surface area contributed by atoms with E-state index in [2.05, 4.69) is 120 Å². The topological polar surface area (TPSA) is 0 Å². The van der Waals surface area contributed by atoms with E-state index in [0.29, 0.717) is 5.92 Å². The van der Waals surface area contributed by atoms with Crippen molar-refractivity contribution in [1.29, 1.82) is 0 Å². The Labute approximate surface area is 197 Å². The first kappa shape index (κ1) is 21.2. The van der Waals surface area contributed by atoms with Crippen LogP contribution in [0.15, 0.2) is 84.9 Å². The van der Waals surface area contributed by atoms with Crippen LogP contribution in [-0.2, 0) is 10.8 Å². The van der Waals surface area contributed by atoms with Gasteiger partial charge in [-0.3, -0.25) is 0 Å². The highest BCUT2D eigenvalue weighted by Gasteiger charge is 2.48. The minimum Gasteiger partial charge on any atom is -0.139 e. The Kier molecular flexibility index (Phi) is 5.13. The first-order valence-electron chi connectivity index (χ1n) is 11.8. The van der Waals surface area contributed by atoms with Gasteiger partial charge in [-0.2, -0.15) is 0 Å². The molecule has 0 saturated heterocycles. The molecule has 1 heterocycles. The smallest absolute Gasteiger partial charge is 0.0722 e. The first-order valence-corrected chi connectivity index (χ1v) is 12.6. The summed E-state index contributed by atoms with van der Waals surface area (Å²) in [5.41, 5.74) is 8.29. The van der Waals surface area contributed by atoms with E-state index in [1.54, 1.807) is 0 Å². The molecule has 0 N–H and O–H groups in total. The van der Waals surface area contributed by atoms with Crippen molar-refractivity contribution in [3.8, 4) is 10.4 Å². The van der Waals surface area contributed by atoms with Crippen molar-refractivity contribution in [3.63, 3.8) is 0 Å². The maximum Gasteiger partial charge on any atom is 0.0722 e. The van der Waals surface area contributed by atoms with Crippen molar-refractivity contribution < 1.29 is 0 Å². The van der Waals surface area contributed by atoms with Crippen molar-refractivity contribution >= 4 is 11.3 Å². The number of hydrogen-bond acceptors (Lipinski definition) is 1. The molecule has 0 amide bonds. The van der Waals surface area contributed by atoms with Crippen LogP contribution in [0.5, 0.6) is 0 Å². The Morgan fingerprint density at radius 2 is 1.38 bits per heavy atom. The monoisotopic (exact) mass is 436 g/mol. The fourth-order valence-electron chi connectivity index (χ4n) is 5.12. The molecule has 5 rings (SSSR count). The van der Waals surface area contributed by atoms with E-state index < -0.39 is 0 Å². The van der Waals surface area contributed by atoms with Crippen molar-refractivity contribution in [2.75, 3.05) is 0 Å². The molecular formula is C31H32S. The Hall–Kier alpha value is -2.64. The van der Waals surface area contributed by atoms with Gasteiger partial charge in [0, 0.05) is 9.75 Å².